The second-order valence-electron chi connectivity index (χ2n) is 10.1. The number of aryl methyl sites for hydroxylation is 2. The Kier molecular flexibility index (Phi) is 7.07. The predicted molar refractivity (Wildman–Crippen MR) is 143 cm³/mol. The van der Waals surface area contributed by atoms with Crippen molar-refractivity contribution in [1.82, 2.24) is 14.9 Å². The number of hydrogen-bond donors (Lipinski definition) is 0. The van der Waals surface area contributed by atoms with Gasteiger partial charge in [-0.05, 0) is 68.5 Å². The van der Waals surface area contributed by atoms with Crippen molar-refractivity contribution in [2.45, 2.75) is 33.6 Å². The molecule has 3 aromatic rings. The Morgan fingerprint density at radius 3 is 2.25 bits per heavy atom. The minimum Gasteiger partial charge on any atom is -0.436 e. The topological polar surface area (TPSA) is 61.8 Å². The Bertz CT molecular complexity index is 1200. The number of benzene rings is 2. The second kappa shape index (κ2) is 10.6. The number of rotatable bonds is 5. The van der Waals surface area contributed by atoms with Gasteiger partial charge in [0.25, 0.3) is 11.8 Å². The summed E-state index contributed by atoms with van der Waals surface area (Å²) in [5.74, 6) is 2.74. The van der Waals surface area contributed by atoms with Gasteiger partial charge in [0.2, 0.25) is 0 Å². The van der Waals surface area contributed by atoms with Crippen LogP contribution in [-0.4, -0.2) is 60.0 Å². The van der Waals surface area contributed by atoms with Gasteiger partial charge in [-0.15, -0.1) is 0 Å². The van der Waals surface area contributed by atoms with Crippen LogP contribution in [0.15, 0.2) is 54.9 Å². The molecule has 2 aliphatic rings. The van der Waals surface area contributed by atoms with E-state index in [1.54, 1.807) is 12.4 Å². The van der Waals surface area contributed by atoms with Crippen molar-refractivity contribution in [2.24, 2.45) is 5.92 Å². The number of nitrogens with zero attached hydrogens (tertiary/aromatic N) is 5. The van der Waals surface area contributed by atoms with Gasteiger partial charge in [0, 0.05) is 62.9 Å². The van der Waals surface area contributed by atoms with Crippen molar-refractivity contribution >= 4 is 17.4 Å². The fourth-order valence-electron chi connectivity index (χ4n) is 5.10. The van der Waals surface area contributed by atoms with Crippen LogP contribution < -0.4 is 14.5 Å². The molecule has 0 N–H and O–H groups in total. The maximum Gasteiger partial charge on any atom is 0.263 e. The van der Waals surface area contributed by atoms with Gasteiger partial charge < -0.3 is 19.4 Å². The van der Waals surface area contributed by atoms with Gasteiger partial charge in [-0.3, -0.25) is 4.79 Å². The number of carbonyl (C=O) groups excluding carboxylic acids is 1. The number of anilines is 2. The molecule has 7 heteroatoms. The average molecular weight is 486 g/mol. The van der Waals surface area contributed by atoms with Crippen molar-refractivity contribution in [3.05, 3.63) is 71.5 Å². The van der Waals surface area contributed by atoms with Crippen LogP contribution in [0.25, 0.3) is 0 Å². The molecule has 7 nitrogen and oxygen atoms in total. The second-order valence-corrected chi connectivity index (χ2v) is 10.1. The van der Waals surface area contributed by atoms with Gasteiger partial charge in [0.15, 0.2) is 5.82 Å². The molecule has 0 radical (unpaired) electrons. The van der Waals surface area contributed by atoms with Crippen LogP contribution in [0.5, 0.6) is 11.6 Å². The molecular weight excluding hydrogens is 450 g/mol. The van der Waals surface area contributed by atoms with Gasteiger partial charge in [0.1, 0.15) is 5.75 Å². The van der Waals surface area contributed by atoms with E-state index in [0.717, 1.165) is 50.8 Å². The molecule has 0 saturated carbocycles. The summed E-state index contributed by atoms with van der Waals surface area (Å²) in [5.41, 5.74) is 4.49. The molecule has 2 aliphatic heterocycles. The summed E-state index contributed by atoms with van der Waals surface area (Å²) in [4.78, 5) is 28.7. The number of aromatic nitrogens is 2. The van der Waals surface area contributed by atoms with Crippen LogP contribution in [-0.2, 0) is 0 Å². The molecule has 188 valence electrons. The Morgan fingerprint density at radius 1 is 0.861 bits per heavy atom. The minimum absolute atomic E-state index is 0.0597. The van der Waals surface area contributed by atoms with Crippen LogP contribution in [0.4, 0.5) is 11.5 Å². The van der Waals surface area contributed by atoms with E-state index in [-0.39, 0.29) is 5.91 Å². The normalized spacial score (nSPS) is 16.8. The summed E-state index contributed by atoms with van der Waals surface area (Å²) in [6, 6.07) is 13.9. The molecule has 36 heavy (non-hydrogen) atoms. The average Bonchev–Trinajstić information content (AvgIpc) is 2.90. The molecule has 1 aromatic heterocycles. The van der Waals surface area contributed by atoms with E-state index in [2.05, 4.69) is 58.7 Å². The zero-order valence-corrected chi connectivity index (χ0v) is 21.5. The van der Waals surface area contributed by atoms with Gasteiger partial charge in [0.05, 0.1) is 0 Å². The number of hydrogen-bond acceptors (Lipinski definition) is 6. The molecule has 0 unspecified atom stereocenters. The number of ether oxygens (including phenoxy) is 1. The summed E-state index contributed by atoms with van der Waals surface area (Å²) in [5, 5.41) is 0. The van der Waals surface area contributed by atoms with E-state index in [9.17, 15) is 4.79 Å². The van der Waals surface area contributed by atoms with Crippen molar-refractivity contribution in [3.8, 4) is 11.6 Å². The Labute approximate surface area is 213 Å². The van der Waals surface area contributed by atoms with Crippen molar-refractivity contribution in [3.63, 3.8) is 0 Å². The van der Waals surface area contributed by atoms with E-state index in [1.165, 1.54) is 16.8 Å². The molecule has 0 aliphatic carbocycles. The van der Waals surface area contributed by atoms with Crippen molar-refractivity contribution in [2.75, 3.05) is 49.1 Å². The smallest absolute Gasteiger partial charge is 0.263 e. The summed E-state index contributed by atoms with van der Waals surface area (Å²) in [6.45, 7) is 11.6. The highest BCUT2D eigenvalue weighted by molar-refractivity contribution is 5.94. The molecule has 1 amide bonds. The third-order valence-corrected chi connectivity index (χ3v) is 7.31. The molecule has 0 spiro atoms. The van der Waals surface area contributed by atoms with Crippen LogP contribution >= 0.6 is 0 Å². The Balaban J connectivity index is 1.20. The molecular formula is C29H35N5O2. The Hall–Kier alpha value is -3.61. The molecule has 5 rings (SSSR count). The van der Waals surface area contributed by atoms with Gasteiger partial charge in [-0.25, -0.2) is 9.97 Å². The van der Waals surface area contributed by atoms with Crippen molar-refractivity contribution < 1.29 is 9.53 Å². The van der Waals surface area contributed by atoms with Gasteiger partial charge >= 0.3 is 0 Å². The summed E-state index contributed by atoms with van der Waals surface area (Å²) >= 11 is 0. The maximum absolute atomic E-state index is 13.1. The first-order chi connectivity index (χ1) is 17.5. The lowest BCUT2D eigenvalue weighted by atomic mass is 9.99. The van der Waals surface area contributed by atoms with Gasteiger partial charge in [-0.2, -0.15) is 0 Å². The highest BCUT2D eigenvalue weighted by Gasteiger charge is 2.24. The summed E-state index contributed by atoms with van der Waals surface area (Å²) in [6.07, 6.45) is 5.65. The van der Waals surface area contributed by atoms with Gasteiger partial charge in [-0.1, -0.05) is 24.6 Å². The number of amides is 1. The molecule has 3 heterocycles. The minimum atomic E-state index is 0.0597. The van der Waals surface area contributed by atoms with Crippen LogP contribution in [0.2, 0.25) is 0 Å². The lowest BCUT2D eigenvalue weighted by Gasteiger charge is -2.37. The number of piperazine rings is 1. The highest BCUT2D eigenvalue weighted by atomic mass is 16.5. The zero-order chi connectivity index (χ0) is 25.1. The molecule has 0 bridgehead atoms. The first-order valence-corrected chi connectivity index (χ1v) is 12.9. The lowest BCUT2D eigenvalue weighted by Crippen LogP contribution is -2.49. The lowest BCUT2D eigenvalue weighted by molar-refractivity contribution is 0.0747. The predicted octanol–water partition coefficient (Wildman–Crippen LogP) is 5.08. The quantitative estimate of drug-likeness (QED) is 0.502. The SMILES string of the molecule is Cc1ccc(N2CCN(C(=O)c3ccc(Oc4nccnc4N4CCC(C)CC4)cc3)CC2)c(C)c1. The highest BCUT2D eigenvalue weighted by Crippen LogP contribution is 2.31. The van der Waals surface area contributed by atoms with E-state index in [0.29, 0.717) is 30.3 Å². The van der Waals surface area contributed by atoms with E-state index in [1.807, 2.05) is 29.2 Å². The zero-order valence-electron chi connectivity index (χ0n) is 21.5. The third-order valence-electron chi connectivity index (χ3n) is 7.31. The monoisotopic (exact) mass is 485 g/mol. The summed E-state index contributed by atoms with van der Waals surface area (Å²) in [7, 11) is 0. The maximum atomic E-state index is 13.1. The van der Waals surface area contributed by atoms with Crippen LogP contribution in [0, 0.1) is 19.8 Å². The summed E-state index contributed by atoms with van der Waals surface area (Å²) < 4.78 is 6.11. The Morgan fingerprint density at radius 2 is 1.56 bits per heavy atom. The number of carbonyl (C=O) groups is 1. The van der Waals surface area contributed by atoms with E-state index >= 15 is 0 Å². The number of piperidine rings is 1. The largest absolute Gasteiger partial charge is 0.436 e. The van der Waals surface area contributed by atoms with Crippen LogP contribution in [0.1, 0.15) is 41.3 Å². The molecule has 2 fully saturated rings. The van der Waals surface area contributed by atoms with E-state index < -0.39 is 0 Å². The fourth-order valence-corrected chi connectivity index (χ4v) is 5.10. The molecule has 2 saturated heterocycles. The molecule has 0 atom stereocenters. The van der Waals surface area contributed by atoms with Crippen LogP contribution in [0.3, 0.4) is 0 Å². The first-order valence-electron chi connectivity index (χ1n) is 12.9. The standard InChI is InChI=1S/C29H35N5O2/c1-21-10-14-33(15-11-21)27-28(31-13-12-30-27)36-25-7-5-24(6-8-25)29(35)34-18-16-32(17-19-34)26-9-4-22(2)20-23(26)3/h4-9,12-13,20-21H,10-11,14-19H2,1-3H3. The fraction of sp³-hybridized carbons (Fsp3) is 0.414. The van der Waals surface area contributed by atoms with Crippen molar-refractivity contribution in [1.29, 1.82) is 0 Å². The first kappa shape index (κ1) is 24.1. The van der Waals surface area contributed by atoms with E-state index in [4.69, 9.17) is 4.74 Å². The third kappa shape index (κ3) is 5.30. The molecule has 2 aromatic carbocycles.